The third kappa shape index (κ3) is 4.63. The maximum Gasteiger partial charge on any atom is 0.226 e. The Labute approximate surface area is 126 Å². The van der Waals surface area contributed by atoms with E-state index < -0.39 is 0 Å². The quantitative estimate of drug-likeness (QED) is 0.872. The molecule has 0 fully saturated rings. The number of carbonyl (C=O) groups is 1. The van der Waals surface area contributed by atoms with Crippen molar-refractivity contribution in [1.82, 2.24) is 0 Å². The maximum atomic E-state index is 12.0. The third-order valence-corrected chi connectivity index (χ3v) is 3.45. The second-order valence-electron chi connectivity index (χ2n) is 5.08. The maximum absolute atomic E-state index is 12.0. The number of nitrogens with zero attached hydrogens (tertiary/aromatic N) is 1. The van der Waals surface area contributed by atoms with E-state index in [1.807, 2.05) is 49.4 Å². The summed E-state index contributed by atoms with van der Waals surface area (Å²) in [5.74, 6) is 0.0493. The van der Waals surface area contributed by atoms with Crippen molar-refractivity contribution in [3.05, 3.63) is 60.2 Å². The Balaban J connectivity index is 1.86. The van der Waals surface area contributed by atoms with Gasteiger partial charge in [-0.3, -0.25) is 4.79 Å². The van der Waals surface area contributed by atoms with Gasteiger partial charge in [0.25, 0.3) is 0 Å². The van der Waals surface area contributed by atoms with Crippen LogP contribution in [0.1, 0.15) is 18.9 Å². The summed E-state index contributed by atoms with van der Waals surface area (Å²) in [4.78, 5) is 14.2. The van der Waals surface area contributed by atoms with Gasteiger partial charge in [0.1, 0.15) is 0 Å². The normalized spacial score (nSPS) is 10.2. The molecule has 0 atom stereocenters. The topological polar surface area (TPSA) is 32.3 Å². The van der Waals surface area contributed by atoms with Gasteiger partial charge in [-0.1, -0.05) is 35.9 Å². The van der Waals surface area contributed by atoms with Crippen LogP contribution >= 0.6 is 0 Å². The number of carbonyl (C=O) groups excluding carboxylic acids is 1. The van der Waals surface area contributed by atoms with Gasteiger partial charge < -0.3 is 10.2 Å². The van der Waals surface area contributed by atoms with Gasteiger partial charge in [0.2, 0.25) is 5.91 Å². The van der Waals surface area contributed by atoms with Gasteiger partial charge in [0.15, 0.2) is 0 Å². The first-order chi connectivity index (χ1) is 10.2. The van der Waals surface area contributed by atoms with Gasteiger partial charge in [-0.05, 0) is 38.1 Å². The highest BCUT2D eigenvalue weighted by atomic mass is 16.1. The molecule has 0 bridgehead atoms. The van der Waals surface area contributed by atoms with Crippen molar-refractivity contribution in [3.8, 4) is 0 Å². The lowest BCUT2D eigenvalue weighted by Crippen LogP contribution is -2.27. The van der Waals surface area contributed by atoms with Gasteiger partial charge in [-0.15, -0.1) is 0 Å². The molecule has 21 heavy (non-hydrogen) atoms. The number of benzene rings is 2. The summed E-state index contributed by atoms with van der Waals surface area (Å²) in [6.07, 6.45) is 0.483. The van der Waals surface area contributed by atoms with Crippen LogP contribution in [0.4, 0.5) is 11.4 Å². The first-order valence-electron chi connectivity index (χ1n) is 7.35. The van der Waals surface area contributed by atoms with E-state index in [0.717, 1.165) is 24.5 Å². The average Bonchev–Trinajstić information content (AvgIpc) is 2.51. The summed E-state index contributed by atoms with van der Waals surface area (Å²) in [6.45, 7) is 5.75. The van der Waals surface area contributed by atoms with Crippen LogP contribution in [0.5, 0.6) is 0 Å². The zero-order chi connectivity index (χ0) is 15.1. The first-order valence-corrected chi connectivity index (χ1v) is 7.35. The van der Waals surface area contributed by atoms with E-state index in [9.17, 15) is 4.79 Å². The summed E-state index contributed by atoms with van der Waals surface area (Å²) in [7, 11) is 0. The Morgan fingerprint density at radius 2 is 1.71 bits per heavy atom. The third-order valence-electron chi connectivity index (χ3n) is 3.45. The van der Waals surface area contributed by atoms with E-state index in [2.05, 4.69) is 29.3 Å². The molecule has 1 N–H and O–H groups in total. The predicted octanol–water partition coefficient (Wildman–Crippen LogP) is 3.85. The number of para-hydroxylation sites is 1. The zero-order valence-electron chi connectivity index (χ0n) is 12.7. The van der Waals surface area contributed by atoms with E-state index in [1.54, 1.807) is 0 Å². The van der Waals surface area contributed by atoms with Crippen LogP contribution < -0.4 is 10.2 Å². The van der Waals surface area contributed by atoms with Gasteiger partial charge in [-0.25, -0.2) is 0 Å². The zero-order valence-corrected chi connectivity index (χ0v) is 12.7. The van der Waals surface area contributed by atoms with Crippen molar-refractivity contribution in [2.45, 2.75) is 20.3 Å². The number of hydrogen-bond donors (Lipinski definition) is 1. The highest BCUT2D eigenvalue weighted by Gasteiger charge is 2.07. The summed E-state index contributed by atoms with van der Waals surface area (Å²) in [5.41, 5.74) is 3.20. The molecular weight excluding hydrogens is 260 g/mol. The molecule has 0 saturated heterocycles. The van der Waals surface area contributed by atoms with E-state index >= 15 is 0 Å². The minimum Gasteiger partial charge on any atom is -0.371 e. The molecule has 1 amide bonds. The lowest BCUT2D eigenvalue weighted by atomic mass is 10.2. The number of amides is 1. The Bertz CT molecular complexity index is 564. The van der Waals surface area contributed by atoms with E-state index in [1.165, 1.54) is 5.56 Å². The molecule has 3 heteroatoms. The van der Waals surface area contributed by atoms with Crippen LogP contribution in [0.15, 0.2) is 54.6 Å². The van der Waals surface area contributed by atoms with Gasteiger partial charge in [-0.2, -0.15) is 0 Å². The van der Waals surface area contributed by atoms with Gasteiger partial charge >= 0.3 is 0 Å². The van der Waals surface area contributed by atoms with Crippen LogP contribution in [-0.4, -0.2) is 19.0 Å². The number of hydrogen-bond acceptors (Lipinski definition) is 2. The molecule has 0 aromatic heterocycles. The van der Waals surface area contributed by atoms with Gasteiger partial charge in [0, 0.05) is 30.9 Å². The molecule has 0 saturated carbocycles. The molecule has 110 valence electrons. The molecule has 3 nitrogen and oxygen atoms in total. The molecule has 0 unspecified atom stereocenters. The molecular formula is C18H22N2O. The van der Waals surface area contributed by atoms with Crippen LogP contribution in [0, 0.1) is 6.92 Å². The Morgan fingerprint density at radius 1 is 1.05 bits per heavy atom. The molecule has 0 aliphatic rings. The molecule has 0 radical (unpaired) electrons. The van der Waals surface area contributed by atoms with Crippen molar-refractivity contribution in [3.63, 3.8) is 0 Å². The fraction of sp³-hybridized carbons (Fsp3) is 0.278. The summed E-state index contributed by atoms with van der Waals surface area (Å²) >= 11 is 0. The van der Waals surface area contributed by atoms with Crippen LogP contribution in [0.25, 0.3) is 0 Å². The largest absolute Gasteiger partial charge is 0.371 e. The van der Waals surface area contributed by atoms with Crippen LogP contribution in [-0.2, 0) is 4.79 Å². The minimum atomic E-state index is 0.0493. The number of aryl methyl sites for hydroxylation is 1. The first kappa shape index (κ1) is 15.1. The molecule has 0 aliphatic heterocycles. The second kappa shape index (κ2) is 7.48. The average molecular weight is 282 g/mol. The fourth-order valence-electron chi connectivity index (χ4n) is 2.21. The van der Waals surface area contributed by atoms with Crippen LogP contribution in [0.2, 0.25) is 0 Å². The number of nitrogens with one attached hydrogen (secondary N) is 1. The highest BCUT2D eigenvalue weighted by molar-refractivity contribution is 5.91. The number of anilines is 2. The van der Waals surface area contributed by atoms with E-state index in [0.29, 0.717) is 6.42 Å². The SMILES string of the molecule is CCN(CCC(=O)Nc1ccc(C)cc1)c1ccccc1. The summed E-state index contributed by atoms with van der Waals surface area (Å²) < 4.78 is 0. The monoisotopic (exact) mass is 282 g/mol. The van der Waals surface area contributed by atoms with Crippen molar-refractivity contribution < 1.29 is 4.79 Å². The van der Waals surface area contributed by atoms with Crippen molar-refractivity contribution in [2.75, 3.05) is 23.3 Å². The predicted molar refractivity (Wildman–Crippen MR) is 88.8 cm³/mol. The molecule has 0 spiro atoms. The standard InChI is InChI=1S/C18H22N2O/c1-3-20(17-7-5-4-6-8-17)14-13-18(21)19-16-11-9-15(2)10-12-16/h4-12H,3,13-14H2,1-2H3,(H,19,21). The fourth-order valence-corrected chi connectivity index (χ4v) is 2.21. The lowest BCUT2D eigenvalue weighted by Gasteiger charge is -2.22. The molecule has 2 aromatic carbocycles. The lowest BCUT2D eigenvalue weighted by molar-refractivity contribution is -0.116. The molecule has 2 aromatic rings. The summed E-state index contributed by atoms with van der Waals surface area (Å²) in [6, 6.07) is 18.0. The smallest absolute Gasteiger partial charge is 0.226 e. The number of rotatable bonds is 6. The van der Waals surface area contributed by atoms with Crippen molar-refractivity contribution in [1.29, 1.82) is 0 Å². The van der Waals surface area contributed by atoms with Gasteiger partial charge in [0.05, 0.1) is 0 Å². The Morgan fingerprint density at radius 3 is 2.33 bits per heavy atom. The highest BCUT2D eigenvalue weighted by Crippen LogP contribution is 2.14. The Hall–Kier alpha value is -2.29. The van der Waals surface area contributed by atoms with Crippen molar-refractivity contribution in [2.24, 2.45) is 0 Å². The van der Waals surface area contributed by atoms with E-state index in [4.69, 9.17) is 0 Å². The summed E-state index contributed by atoms with van der Waals surface area (Å²) in [5, 5.41) is 2.93. The molecule has 0 aliphatic carbocycles. The second-order valence-corrected chi connectivity index (χ2v) is 5.08. The Kier molecular flexibility index (Phi) is 5.38. The van der Waals surface area contributed by atoms with Crippen LogP contribution in [0.3, 0.4) is 0 Å². The molecule has 2 rings (SSSR count). The molecule has 0 heterocycles. The minimum absolute atomic E-state index is 0.0493. The van der Waals surface area contributed by atoms with E-state index in [-0.39, 0.29) is 5.91 Å². The van der Waals surface area contributed by atoms with Crippen molar-refractivity contribution >= 4 is 17.3 Å².